The molecule has 2 rings (SSSR count). The lowest BCUT2D eigenvalue weighted by molar-refractivity contribution is 0.0530. The Morgan fingerprint density at radius 3 is 2.76 bits per heavy atom. The molecule has 1 amide bonds. The summed E-state index contributed by atoms with van der Waals surface area (Å²) in [6.07, 6.45) is 0. The van der Waals surface area contributed by atoms with Crippen molar-refractivity contribution in [2.24, 2.45) is 12.0 Å². The summed E-state index contributed by atoms with van der Waals surface area (Å²) < 4.78 is 11.5. The smallest absolute Gasteiger partial charge is 0.350 e. The van der Waals surface area contributed by atoms with Crippen molar-refractivity contribution in [1.29, 1.82) is 0 Å². The molecule has 0 saturated heterocycles. The first-order valence-electron chi connectivity index (χ1n) is 6.30. The van der Waals surface area contributed by atoms with Crippen LogP contribution in [0.3, 0.4) is 0 Å². The normalized spacial score (nSPS) is 11.7. The number of aryl methyl sites for hydroxylation is 1. The van der Waals surface area contributed by atoms with E-state index in [9.17, 15) is 9.59 Å². The molecule has 0 aromatic carbocycles. The minimum Gasteiger partial charge on any atom is -0.462 e. The van der Waals surface area contributed by atoms with E-state index in [1.807, 2.05) is 0 Å². The lowest BCUT2D eigenvalue weighted by Crippen LogP contribution is -2.14. The zero-order chi connectivity index (χ0) is 15.6. The van der Waals surface area contributed by atoms with Gasteiger partial charge in [0.25, 0.3) is 0 Å². The average molecular weight is 309 g/mol. The number of carbonyl (C=O) groups is 2. The number of hydrogen-bond acceptors (Lipinski definition) is 6. The van der Waals surface area contributed by atoms with E-state index < -0.39 is 11.9 Å². The molecule has 0 bridgehead atoms. The SMILES string of the molecule is CCOC(=O)c1sc(=NC(=O)c2cc(C)on2)n(C)c1C. The van der Waals surface area contributed by atoms with Crippen LogP contribution >= 0.6 is 11.3 Å². The molecule has 7 nitrogen and oxygen atoms in total. The largest absolute Gasteiger partial charge is 0.462 e. The Kier molecular flexibility index (Phi) is 4.37. The van der Waals surface area contributed by atoms with Gasteiger partial charge in [-0.2, -0.15) is 4.99 Å². The molecule has 0 unspecified atom stereocenters. The Bertz CT molecular complexity index is 754. The Balaban J connectivity index is 2.40. The van der Waals surface area contributed by atoms with E-state index in [0.717, 1.165) is 11.3 Å². The maximum atomic E-state index is 12.0. The Morgan fingerprint density at radius 2 is 2.19 bits per heavy atom. The predicted octanol–water partition coefficient (Wildman–Crippen LogP) is 1.61. The fraction of sp³-hybridized carbons (Fsp3) is 0.385. The second kappa shape index (κ2) is 6.04. The van der Waals surface area contributed by atoms with Gasteiger partial charge in [0.05, 0.1) is 6.61 Å². The maximum Gasteiger partial charge on any atom is 0.350 e. The van der Waals surface area contributed by atoms with Crippen molar-refractivity contribution in [1.82, 2.24) is 9.72 Å². The zero-order valence-corrected chi connectivity index (χ0v) is 13.0. The molecule has 0 aliphatic rings. The lowest BCUT2D eigenvalue weighted by atomic mass is 10.4. The third-order valence-electron chi connectivity index (χ3n) is 2.82. The van der Waals surface area contributed by atoms with Crippen molar-refractivity contribution in [3.05, 3.63) is 32.9 Å². The quantitative estimate of drug-likeness (QED) is 0.804. The molecule has 0 radical (unpaired) electrons. The molecule has 21 heavy (non-hydrogen) atoms. The van der Waals surface area contributed by atoms with Gasteiger partial charge in [-0.15, -0.1) is 0 Å². The van der Waals surface area contributed by atoms with Crippen LogP contribution in [0.1, 0.15) is 38.5 Å². The zero-order valence-electron chi connectivity index (χ0n) is 12.2. The van der Waals surface area contributed by atoms with Crippen LogP contribution < -0.4 is 4.80 Å². The molecule has 0 N–H and O–H groups in total. The standard InChI is InChI=1S/C13H15N3O4S/c1-5-19-12(18)10-8(3)16(4)13(21-10)14-11(17)9-6-7(2)20-15-9/h6H,5H2,1-4H3. The van der Waals surface area contributed by atoms with E-state index in [-0.39, 0.29) is 5.69 Å². The fourth-order valence-electron chi connectivity index (χ4n) is 1.62. The van der Waals surface area contributed by atoms with E-state index >= 15 is 0 Å². The monoisotopic (exact) mass is 309 g/mol. The molecular formula is C13H15N3O4S. The van der Waals surface area contributed by atoms with Crippen molar-refractivity contribution in [2.45, 2.75) is 20.8 Å². The molecular weight excluding hydrogens is 294 g/mol. The number of rotatable bonds is 3. The van der Waals surface area contributed by atoms with Crippen LogP contribution in [0.2, 0.25) is 0 Å². The Labute approximate surface area is 124 Å². The third-order valence-corrected chi connectivity index (χ3v) is 4.03. The number of nitrogens with zero attached hydrogens (tertiary/aromatic N) is 3. The van der Waals surface area contributed by atoms with Crippen LogP contribution in [0.4, 0.5) is 0 Å². The van der Waals surface area contributed by atoms with Crippen molar-refractivity contribution in [2.75, 3.05) is 6.61 Å². The summed E-state index contributed by atoms with van der Waals surface area (Å²) in [7, 11) is 1.73. The van der Waals surface area contributed by atoms with Crippen molar-refractivity contribution < 1.29 is 18.8 Å². The van der Waals surface area contributed by atoms with E-state index in [1.54, 1.807) is 32.4 Å². The molecule has 112 valence electrons. The van der Waals surface area contributed by atoms with Gasteiger partial charge in [0, 0.05) is 18.8 Å². The van der Waals surface area contributed by atoms with Gasteiger partial charge in [-0.25, -0.2) is 4.79 Å². The van der Waals surface area contributed by atoms with Crippen LogP contribution in [0.5, 0.6) is 0 Å². The number of esters is 1. The highest BCUT2D eigenvalue weighted by Gasteiger charge is 2.17. The maximum absolute atomic E-state index is 12.0. The number of carbonyl (C=O) groups excluding carboxylic acids is 2. The number of hydrogen-bond donors (Lipinski definition) is 0. The first-order valence-corrected chi connectivity index (χ1v) is 7.11. The van der Waals surface area contributed by atoms with E-state index in [0.29, 0.717) is 27.7 Å². The van der Waals surface area contributed by atoms with E-state index in [2.05, 4.69) is 10.1 Å². The summed E-state index contributed by atoms with van der Waals surface area (Å²) in [5.41, 5.74) is 0.831. The molecule has 0 aliphatic heterocycles. The third kappa shape index (κ3) is 3.10. The number of amides is 1. The molecule has 2 heterocycles. The van der Waals surface area contributed by atoms with Crippen molar-refractivity contribution in [3.63, 3.8) is 0 Å². The van der Waals surface area contributed by atoms with Crippen LogP contribution in [0.25, 0.3) is 0 Å². The van der Waals surface area contributed by atoms with Crippen LogP contribution in [0.15, 0.2) is 15.6 Å². The highest BCUT2D eigenvalue weighted by molar-refractivity contribution is 7.11. The Morgan fingerprint density at radius 1 is 1.48 bits per heavy atom. The molecule has 8 heteroatoms. The lowest BCUT2D eigenvalue weighted by Gasteiger charge is -2.00. The minimum absolute atomic E-state index is 0.135. The second-order valence-electron chi connectivity index (χ2n) is 4.32. The topological polar surface area (TPSA) is 86.7 Å². The van der Waals surface area contributed by atoms with Gasteiger partial charge in [-0.3, -0.25) is 4.79 Å². The molecule has 2 aromatic rings. The summed E-state index contributed by atoms with van der Waals surface area (Å²) in [4.78, 5) is 28.6. The van der Waals surface area contributed by atoms with Gasteiger partial charge < -0.3 is 13.8 Å². The second-order valence-corrected chi connectivity index (χ2v) is 5.30. The van der Waals surface area contributed by atoms with Gasteiger partial charge in [-0.05, 0) is 20.8 Å². The van der Waals surface area contributed by atoms with Gasteiger partial charge in [0.2, 0.25) is 0 Å². The van der Waals surface area contributed by atoms with Crippen molar-refractivity contribution in [3.8, 4) is 0 Å². The summed E-state index contributed by atoms with van der Waals surface area (Å²) >= 11 is 1.11. The summed E-state index contributed by atoms with van der Waals surface area (Å²) in [5.74, 6) is -0.395. The fourth-order valence-corrected chi connectivity index (χ4v) is 2.64. The average Bonchev–Trinajstić information content (AvgIpc) is 2.98. The van der Waals surface area contributed by atoms with E-state index in [1.165, 1.54) is 6.07 Å². The van der Waals surface area contributed by atoms with Crippen molar-refractivity contribution >= 4 is 23.2 Å². The highest BCUT2D eigenvalue weighted by atomic mass is 32.1. The highest BCUT2D eigenvalue weighted by Crippen LogP contribution is 2.12. The van der Waals surface area contributed by atoms with Gasteiger partial charge in [0.1, 0.15) is 10.6 Å². The minimum atomic E-state index is -0.515. The van der Waals surface area contributed by atoms with E-state index in [4.69, 9.17) is 9.26 Å². The number of ether oxygens (including phenoxy) is 1. The molecule has 0 fully saturated rings. The summed E-state index contributed by atoms with van der Waals surface area (Å²) in [6.45, 7) is 5.50. The van der Waals surface area contributed by atoms with Crippen LogP contribution in [-0.2, 0) is 11.8 Å². The molecule has 0 saturated carbocycles. The van der Waals surface area contributed by atoms with Crippen LogP contribution in [0, 0.1) is 13.8 Å². The summed E-state index contributed by atoms with van der Waals surface area (Å²) in [6, 6.07) is 1.51. The van der Waals surface area contributed by atoms with Gasteiger partial charge in [0.15, 0.2) is 10.5 Å². The number of aromatic nitrogens is 2. The summed E-state index contributed by atoms with van der Waals surface area (Å²) in [5, 5.41) is 3.62. The molecule has 0 spiro atoms. The number of thiazole rings is 1. The first kappa shape index (κ1) is 15.2. The molecule has 2 aromatic heterocycles. The Hall–Kier alpha value is -2.22. The molecule has 0 atom stereocenters. The predicted molar refractivity (Wildman–Crippen MR) is 75.1 cm³/mol. The van der Waals surface area contributed by atoms with Gasteiger partial charge in [-0.1, -0.05) is 16.5 Å². The van der Waals surface area contributed by atoms with Crippen LogP contribution in [-0.4, -0.2) is 28.2 Å². The first-order chi connectivity index (χ1) is 9.93. The molecule has 0 aliphatic carbocycles. The van der Waals surface area contributed by atoms with Gasteiger partial charge >= 0.3 is 11.9 Å².